The molecular weight excluding hydrogens is 1250 g/mol. The zero-order chi connectivity index (χ0) is 69.7. The van der Waals surface area contributed by atoms with E-state index in [1.165, 1.54) is 225 Å². The molecule has 5 atom stereocenters. The fourth-order valence-electron chi connectivity index (χ4n) is 11.8. The van der Waals surface area contributed by atoms with Gasteiger partial charge in [-0.15, -0.1) is 0 Å². The topological polar surface area (TPSA) is 237 Å². The van der Waals surface area contributed by atoms with E-state index < -0.39 is 97.5 Å². The van der Waals surface area contributed by atoms with Crippen LogP contribution in [0.25, 0.3) is 0 Å². The average molecular weight is 1400 g/mol. The summed E-state index contributed by atoms with van der Waals surface area (Å²) in [5.74, 6) is -2.12. The van der Waals surface area contributed by atoms with Crippen molar-refractivity contribution in [2.75, 3.05) is 39.6 Å². The fraction of sp³-hybridized carbons (Fsp3) is 0.947. The van der Waals surface area contributed by atoms with Crippen LogP contribution in [0.4, 0.5) is 0 Å². The van der Waals surface area contributed by atoms with Crippen molar-refractivity contribution >= 4 is 39.5 Å². The van der Waals surface area contributed by atoms with E-state index in [9.17, 15) is 43.2 Å². The van der Waals surface area contributed by atoms with Crippen molar-refractivity contribution in [3.63, 3.8) is 0 Å². The molecule has 0 radical (unpaired) electrons. The Labute approximate surface area is 581 Å². The number of hydrogen-bond acceptors (Lipinski definition) is 15. The quantitative estimate of drug-likeness (QED) is 0.0222. The first kappa shape index (κ1) is 93.1. The van der Waals surface area contributed by atoms with Gasteiger partial charge in [0.05, 0.1) is 26.4 Å². The molecular formula is C76H148O17P2. The molecule has 0 aromatic rings. The lowest BCUT2D eigenvalue weighted by atomic mass is 10.0. The third-order valence-electron chi connectivity index (χ3n) is 17.9. The van der Waals surface area contributed by atoms with Gasteiger partial charge >= 0.3 is 39.5 Å². The molecule has 0 heterocycles. The Morgan fingerprint density at radius 3 is 0.621 bits per heavy atom. The first-order chi connectivity index (χ1) is 46.2. The van der Waals surface area contributed by atoms with E-state index >= 15 is 0 Å². The highest BCUT2D eigenvalue weighted by atomic mass is 31.2. The van der Waals surface area contributed by atoms with Gasteiger partial charge in [0.1, 0.15) is 19.3 Å². The molecule has 3 N–H and O–H groups in total. The lowest BCUT2D eigenvalue weighted by molar-refractivity contribution is -0.161. The Morgan fingerprint density at radius 1 is 0.253 bits per heavy atom. The molecule has 0 aromatic heterocycles. The van der Waals surface area contributed by atoms with Crippen LogP contribution in [0.1, 0.15) is 407 Å². The van der Waals surface area contributed by atoms with Crippen LogP contribution in [0.5, 0.6) is 0 Å². The number of aliphatic hydroxyl groups excluding tert-OH is 1. The number of carbonyl (C=O) groups is 4. The first-order valence-electron chi connectivity index (χ1n) is 39.8. The van der Waals surface area contributed by atoms with Gasteiger partial charge in [-0.1, -0.05) is 355 Å². The minimum absolute atomic E-state index is 0.105. The molecule has 17 nitrogen and oxygen atoms in total. The predicted octanol–water partition coefficient (Wildman–Crippen LogP) is 22.6. The SMILES string of the molecule is CCCCCCCCCCCCCCCCCCCCCCCC(=O)O[C@H](COC(=O)CCCCCCCCCCCCCCCCCCCC)COP(=O)(O)OC[C@@H](O)COP(=O)(O)OC[C@@H](COC(=O)CCCCCCCCCC)OC(=O)CCCCCCCCCC. The number of hydrogen-bond donors (Lipinski definition) is 3. The second-order valence-electron chi connectivity index (χ2n) is 27.4. The molecule has 0 rings (SSSR count). The molecule has 2 unspecified atom stereocenters. The third kappa shape index (κ3) is 70.3. The number of unbranched alkanes of at least 4 members (excludes halogenated alkanes) is 51. The summed E-state index contributed by atoms with van der Waals surface area (Å²) in [4.78, 5) is 72.6. The molecule has 0 aliphatic rings. The third-order valence-corrected chi connectivity index (χ3v) is 19.8. The Hall–Kier alpha value is -1.94. The van der Waals surface area contributed by atoms with Crippen molar-refractivity contribution in [2.45, 2.75) is 425 Å². The molecule has 95 heavy (non-hydrogen) atoms. The first-order valence-corrected chi connectivity index (χ1v) is 42.8. The smallest absolute Gasteiger partial charge is 0.462 e. The van der Waals surface area contributed by atoms with E-state index in [0.29, 0.717) is 25.7 Å². The van der Waals surface area contributed by atoms with Gasteiger partial charge in [-0.05, 0) is 25.7 Å². The summed E-state index contributed by atoms with van der Waals surface area (Å²) in [5.41, 5.74) is 0. The van der Waals surface area contributed by atoms with E-state index in [2.05, 4.69) is 27.7 Å². The van der Waals surface area contributed by atoms with Gasteiger partial charge in [0, 0.05) is 25.7 Å². The predicted molar refractivity (Wildman–Crippen MR) is 386 cm³/mol. The van der Waals surface area contributed by atoms with Gasteiger partial charge in [-0.25, -0.2) is 9.13 Å². The number of aliphatic hydroxyl groups is 1. The number of phosphoric ester groups is 2. The molecule has 0 saturated heterocycles. The normalized spacial score (nSPS) is 13.9. The fourth-order valence-corrected chi connectivity index (χ4v) is 13.3. The van der Waals surface area contributed by atoms with E-state index in [-0.39, 0.29) is 25.7 Å². The summed E-state index contributed by atoms with van der Waals surface area (Å²) in [5, 5.41) is 10.6. The summed E-state index contributed by atoms with van der Waals surface area (Å²) in [6.45, 7) is 4.93. The highest BCUT2D eigenvalue weighted by Crippen LogP contribution is 2.45. The standard InChI is InChI=1S/C76H148O17P2/c1-5-9-13-17-21-25-27-29-31-33-35-36-37-39-41-43-45-47-51-55-59-63-76(81)93-72(67-87-74(79)61-57-53-50-46-44-42-40-38-34-32-30-28-26-22-18-14-10-6-2)69-91-95(84,85)89-65-70(77)64-88-94(82,83)90-68-71(92-75(80)62-58-54-49-24-20-16-12-8-4)66-86-73(78)60-56-52-48-23-19-15-11-7-3/h70-72,77H,5-69H2,1-4H3,(H,82,83)(H,84,85)/t70-,71+,72+/m0/s1. The Bertz CT molecular complexity index is 1810. The average Bonchev–Trinajstić information content (AvgIpc) is 2.22. The molecule has 0 aromatic carbocycles. The lowest BCUT2D eigenvalue weighted by Gasteiger charge is -2.21. The van der Waals surface area contributed by atoms with Gasteiger partial charge in [-0.2, -0.15) is 0 Å². The number of ether oxygens (including phenoxy) is 4. The largest absolute Gasteiger partial charge is 0.472 e. The van der Waals surface area contributed by atoms with Crippen LogP contribution in [0.15, 0.2) is 0 Å². The van der Waals surface area contributed by atoms with E-state index in [1.54, 1.807) is 0 Å². The highest BCUT2D eigenvalue weighted by molar-refractivity contribution is 7.47. The van der Waals surface area contributed by atoms with Gasteiger partial charge in [-0.3, -0.25) is 37.3 Å². The Balaban J connectivity index is 5.13. The molecule has 0 saturated carbocycles. The van der Waals surface area contributed by atoms with Crippen molar-refractivity contribution in [3.05, 3.63) is 0 Å². The number of rotatable bonds is 77. The molecule has 0 spiro atoms. The van der Waals surface area contributed by atoms with Crippen molar-refractivity contribution < 1.29 is 80.2 Å². The number of carbonyl (C=O) groups excluding carboxylic acids is 4. The summed E-state index contributed by atoms with van der Waals surface area (Å²) >= 11 is 0. The van der Waals surface area contributed by atoms with Crippen molar-refractivity contribution in [3.8, 4) is 0 Å². The summed E-state index contributed by atoms with van der Waals surface area (Å²) in [7, 11) is -9.90. The van der Waals surface area contributed by atoms with Crippen LogP contribution >= 0.6 is 15.6 Å². The molecule has 0 fully saturated rings. The summed E-state index contributed by atoms with van der Waals surface area (Å²) in [6.07, 6.45) is 61.4. The van der Waals surface area contributed by atoms with E-state index in [4.69, 9.17) is 37.0 Å². The molecule has 0 aliphatic heterocycles. The van der Waals surface area contributed by atoms with Gasteiger partial charge < -0.3 is 33.8 Å². The van der Waals surface area contributed by atoms with E-state index in [0.717, 1.165) is 103 Å². The highest BCUT2D eigenvalue weighted by Gasteiger charge is 2.30. The summed E-state index contributed by atoms with van der Waals surface area (Å²) in [6, 6.07) is 0. The van der Waals surface area contributed by atoms with Gasteiger partial charge in [0.25, 0.3) is 0 Å². The maximum absolute atomic E-state index is 13.1. The minimum atomic E-state index is -4.95. The lowest BCUT2D eigenvalue weighted by Crippen LogP contribution is -2.30. The second-order valence-corrected chi connectivity index (χ2v) is 30.3. The van der Waals surface area contributed by atoms with Crippen LogP contribution in [-0.4, -0.2) is 96.7 Å². The van der Waals surface area contributed by atoms with Crippen LogP contribution in [0, 0.1) is 0 Å². The van der Waals surface area contributed by atoms with E-state index in [1.807, 2.05) is 0 Å². The van der Waals surface area contributed by atoms with Gasteiger partial charge in [0.15, 0.2) is 12.2 Å². The Kier molecular flexibility index (Phi) is 69.1. The maximum atomic E-state index is 13.1. The zero-order valence-corrected chi connectivity index (χ0v) is 63.4. The van der Waals surface area contributed by atoms with Crippen molar-refractivity contribution in [1.82, 2.24) is 0 Å². The summed E-state index contributed by atoms with van der Waals surface area (Å²) < 4.78 is 68.3. The Morgan fingerprint density at radius 2 is 0.421 bits per heavy atom. The van der Waals surface area contributed by atoms with Crippen LogP contribution in [0.3, 0.4) is 0 Å². The molecule has 0 aliphatic carbocycles. The zero-order valence-electron chi connectivity index (χ0n) is 61.6. The molecule has 19 heteroatoms. The maximum Gasteiger partial charge on any atom is 0.472 e. The number of phosphoric acid groups is 2. The van der Waals surface area contributed by atoms with Crippen LogP contribution < -0.4 is 0 Å². The second kappa shape index (κ2) is 70.5. The monoisotopic (exact) mass is 1400 g/mol. The van der Waals surface area contributed by atoms with Gasteiger partial charge in [0.2, 0.25) is 0 Å². The molecule has 0 amide bonds. The van der Waals surface area contributed by atoms with Crippen molar-refractivity contribution in [2.24, 2.45) is 0 Å². The molecule has 0 bridgehead atoms. The number of esters is 4. The van der Waals surface area contributed by atoms with Crippen LogP contribution in [0.2, 0.25) is 0 Å². The van der Waals surface area contributed by atoms with Crippen LogP contribution in [-0.2, 0) is 65.4 Å². The molecule has 564 valence electrons. The minimum Gasteiger partial charge on any atom is -0.462 e. The van der Waals surface area contributed by atoms with Crippen molar-refractivity contribution in [1.29, 1.82) is 0 Å².